The van der Waals surface area contributed by atoms with Crippen LogP contribution < -0.4 is 15.5 Å². The van der Waals surface area contributed by atoms with Crippen LogP contribution in [0.15, 0.2) is 53.4 Å². The number of ether oxygens (including phenoxy) is 2. The Morgan fingerprint density at radius 3 is 2.49 bits per heavy atom. The number of rotatable bonds is 13. The van der Waals surface area contributed by atoms with Gasteiger partial charge in [0, 0.05) is 55.1 Å². The number of hydroxylamine groups is 1. The molecule has 15 heteroatoms. The molecular formula is C30H42ClN5O7S2. The summed E-state index contributed by atoms with van der Waals surface area (Å²) >= 11 is 1.92. The fourth-order valence-corrected chi connectivity index (χ4v) is 7.72. The van der Waals surface area contributed by atoms with Gasteiger partial charge in [-0.3, -0.25) is 19.7 Å². The number of benzene rings is 2. The first-order valence-electron chi connectivity index (χ1n) is 14.6. The maximum atomic E-state index is 13.5. The third kappa shape index (κ3) is 9.82. The van der Waals surface area contributed by atoms with Gasteiger partial charge < -0.3 is 19.4 Å². The van der Waals surface area contributed by atoms with Gasteiger partial charge in [0.05, 0.1) is 31.8 Å². The van der Waals surface area contributed by atoms with Crippen molar-refractivity contribution in [3.8, 4) is 5.75 Å². The van der Waals surface area contributed by atoms with E-state index in [1.165, 1.54) is 9.79 Å². The normalized spacial score (nSPS) is 15.2. The molecule has 2 amide bonds. The number of morpholine rings is 1. The fraction of sp³-hybridized carbons (Fsp3) is 0.467. The summed E-state index contributed by atoms with van der Waals surface area (Å²) in [6, 6.07) is 14.5. The number of aromatic nitrogens is 1. The lowest BCUT2D eigenvalue weighted by Crippen LogP contribution is -2.37. The molecule has 1 saturated heterocycles. The average molecular weight is 684 g/mol. The van der Waals surface area contributed by atoms with Gasteiger partial charge in [-0.05, 0) is 54.5 Å². The maximum absolute atomic E-state index is 13.5. The molecule has 0 unspecified atom stereocenters. The summed E-state index contributed by atoms with van der Waals surface area (Å²) in [5, 5.41) is 11.4. The Morgan fingerprint density at radius 1 is 1.09 bits per heavy atom. The first kappa shape index (κ1) is 36.6. The number of carbonyl (C=O) groups excluding carboxylic acids is 2. The quantitative estimate of drug-likeness (QED) is 0.107. The van der Waals surface area contributed by atoms with Crippen LogP contribution in [0.2, 0.25) is 0 Å². The molecule has 0 spiro atoms. The lowest BCUT2D eigenvalue weighted by molar-refractivity contribution is -0.121. The minimum Gasteiger partial charge on any atom is -0.497 e. The van der Waals surface area contributed by atoms with Gasteiger partial charge in [-0.25, -0.2) is 13.9 Å². The summed E-state index contributed by atoms with van der Waals surface area (Å²) in [6.07, 6.45) is 1.69. The van der Waals surface area contributed by atoms with Crippen LogP contribution in [0.3, 0.4) is 0 Å². The molecule has 1 aromatic heterocycles. The van der Waals surface area contributed by atoms with E-state index in [1.807, 2.05) is 34.5 Å². The molecule has 1 fully saturated rings. The summed E-state index contributed by atoms with van der Waals surface area (Å²) in [6.45, 7) is 6.17. The molecule has 0 bridgehead atoms. The third-order valence-electron chi connectivity index (χ3n) is 7.63. The van der Waals surface area contributed by atoms with E-state index in [0.717, 1.165) is 72.9 Å². The Kier molecular flexibility index (Phi) is 14.9. The third-order valence-corrected chi connectivity index (χ3v) is 10.5. The molecule has 2 aliphatic heterocycles. The summed E-state index contributed by atoms with van der Waals surface area (Å²) in [7, 11) is -2.14. The zero-order chi connectivity index (χ0) is 31.4. The molecule has 2 aromatic carbocycles. The van der Waals surface area contributed by atoms with Gasteiger partial charge in [0.25, 0.3) is 0 Å². The van der Waals surface area contributed by atoms with Crippen LogP contribution in [0.25, 0.3) is 10.9 Å². The van der Waals surface area contributed by atoms with Gasteiger partial charge in [-0.2, -0.15) is 16.1 Å². The van der Waals surface area contributed by atoms with Crippen molar-refractivity contribution in [2.24, 2.45) is 0 Å². The number of hydrogen-bond acceptors (Lipinski definition) is 9. The van der Waals surface area contributed by atoms with E-state index in [4.69, 9.17) is 19.5 Å². The van der Waals surface area contributed by atoms with E-state index in [1.54, 1.807) is 31.4 Å². The van der Waals surface area contributed by atoms with E-state index in [9.17, 15) is 13.2 Å². The smallest absolute Gasteiger partial charge is 0.243 e. The van der Waals surface area contributed by atoms with E-state index in [2.05, 4.69) is 16.3 Å². The van der Waals surface area contributed by atoms with Crippen molar-refractivity contribution in [2.75, 3.05) is 64.6 Å². The summed E-state index contributed by atoms with van der Waals surface area (Å²) in [5.41, 5.74) is 4.23. The second-order valence-electron chi connectivity index (χ2n) is 10.3. The van der Waals surface area contributed by atoms with Gasteiger partial charge in [0.2, 0.25) is 22.3 Å². The number of amides is 2. The lowest BCUT2D eigenvalue weighted by Gasteiger charge is -2.28. The molecule has 3 aromatic rings. The summed E-state index contributed by atoms with van der Waals surface area (Å²) < 4.78 is 41.0. The van der Waals surface area contributed by atoms with Crippen LogP contribution in [0, 0.1) is 0 Å². The minimum atomic E-state index is -3.69. The number of carbonyl (C=O) groups is 2. The van der Waals surface area contributed by atoms with Crippen LogP contribution in [0.5, 0.6) is 5.75 Å². The topological polar surface area (TPSA) is 142 Å². The van der Waals surface area contributed by atoms with Crippen molar-refractivity contribution in [1.82, 2.24) is 24.6 Å². The Morgan fingerprint density at radius 2 is 1.80 bits per heavy atom. The Balaban J connectivity index is 0.00000104. The van der Waals surface area contributed by atoms with E-state index in [-0.39, 0.29) is 42.7 Å². The molecule has 3 heterocycles. The van der Waals surface area contributed by atoms with E-state index < -0.39 is 10.0 Å². The molecule has 0 atom stereocenters. The van der Waals surface area contributed by atoms with Crippen molar-refractivity contribution in [3.05, 3.63) is 59.8 Å². The average Bonchev–Trinajstić information content (AvgIpc) is 3.37. The van der Waals surface area contributed by atoms with Gasteiger partial charge in [-0.15, -0.1) is 12.4 Å². The molecule has 3 N–H and O–H groups in total. The van der Waals surface area contributed by atoms with E-state index >= 15 is 0 Å². The molecular weight excluding hydrogens is 642 g/mol. The van der Waals surface area contributed by atoms with Crippen molar-refractivity contribution in [1.29, 1.82) is 0 Å². The molecule has 12 nitrogen and oxygen atoms in total. The largest absolute Gasteiger partial charge is 0.497 e. The highest BCUT2D eigenvalue weighted by atomic mass is 35.5. The molecule has 0 radical (unpaired) electrons. The van der Waals surface area contributed by atoms with Crippen molar-refractivity contribution in [2.45, 2.75) is 30.8 Å². The van der Waals surface area contributed by atoms with E-state index in [0.29, 0.717) is 25.3 Å². The minimum absolute atomic E-state index is 0. The molecule has 248 valence electrons. The highest BCUT2D eigenvalue weighted by Crippen LogP contribution is 2.33. The number of halogens is 1. The second kappa shape index (κ2) is 18.3. The highest BCUT2D eigenvalue weighted by Gasteiger charge is 2.32. The number of nitrogens with one attached hydrogen (secondary N) is 2. The Bertz CT molecular complexity index is 1480. The highest BCUT2D eigenvalue weighted by molar-refractivity contribution is 7.99. The fourth-order valence-electron chi connectivity index (χ4n) is 5.37. The van der Waals surface area contributed by atoms with Gasteiger partial charge in [0.1, 0.15) is 12.3 Å². The zero-order valence-electron chi connectivity index (χ0n) is 25.4. The summed E-state index contributed by atoms with van der Waals surface area (Å²) in [4.78, 5) is 24.5. The summed E-state index contributed by atoms with van der Waals surface area (Å²) in [5.74, 6) is 2.64. The van der Waals surface area contributed by atoms with Crippen LogP contribution in [0.1, 0.15) is 17.7 Å². The number of sulfonamides is 1. The number of methoxy groups -OCH3 is 1. The number of thioether (sulfide) groups is 1. The first-order chi connectivity index (χ1) is 21.4. The van der Waals surface area contributed by atoms with Crippen molar-refractivity contribution >= 4 is 57.4 Å². The number of hydrogen-bond donors (Lipinski definition) is 3. The standard InChI is InChI=1S/C29H38N4O5S2.CH3NO2.ClH/c1-37-23-7-9-24(10-8-23)40(35,36)32-13-11-26-25-5-2-3-6-27(25)33(28(26)21-32)22-29(34)30-12-4-19-39-20-16-31-14-17-38-18-15-31;3-1-2-4;/h2-3,5-10H,4,11-22H2,1H3,(H,30,34);1,4H,(H,2,3);1H. The SMILES string of the molecule is COc1ccc(S(=O)(=O)N2CCc3c(n(CC(=O)NCCCSCCN4CCOCC4)c4ccccc34)C2)cc1.Cl.O=CNO. The van der Waals surface area contributed by atoms with Crippen LogP contribution in [-0.2, 0) is 43.9 Å². The Hall–Kier alpha value is -2.85. The maximum Gasteiger partial charge on any atom is 0.243 e. The predicted molar refractivity (Wildman–Crippen MR) is 177 cm³/mol. The first-order valence-corrected chi connectivity index (χ1v) is 17.2. The molecule has 0 aliphatic carbocycles. The van der Waals surface area contributed by atoms with Crippen LogP contribution in [-0.4, -0.2) is 104 Å². The monoisotopic (exact) mass is 683 g/mol. The molecule has 45 heavy (non-hydrogen) atoms. The zero-order valence-corrected chi connectivity index (χ0v) is 27.8. The second-order valence-corrected chi connectivity index (χ2v) is 13.5. The lowest BCUT2D eigenvalue weighted by atomic mass is 10.0. The number of nitrogens with zero attached hydrogens (tertiary/aromatic N) is 3. The van der Waals surface area contributed by atoms with Gasteiger partial charge in [-0.1, -0.05) is 18.2 Å². The number of para-hydroxylation sites is 1. The predicted octanol–water partition coefficient (Wildman–Crippen LogP) is 2.51. The van der Waals surface area contributed by atoms with Crippen molar-refractivity contribution in [3.63, 3.8) is 0 Å². The van der Waals surface area contributed by atoms with Crippen LogP contribution >= 0.6 is 24.2 Å². The van der Waals surface area contributed by atoms with Gasteiger partial charge >= 0.3 is 0 Å². The van der Waals surface area contributed by atoms with Gasteiger partial charge in [0.15, 0.2) is 0 Å². The molecule has 0 saturated carbocycles. The number of fused-ring (bicyclic) bond motifs is 3. The Labute approximate surface area is 274 Å². The van der Waals surface area contributed by atoms with Crippen LogP contribution in [0.4, 0.5) is 0 Å². The molecule has 2 aliphatic rings. The molecule has 5 rings (SSSR count). The van der Waals surface area contributed by atoms with Crippen molar-refractivity contribution < 1.29 is 32.7 Å².